The second-order valence-electron chi connectivity index (χ2n) is 3.86. The largest absolute Gasteiger partial charge is 0.321 e. The molecule has 0 saturated carbocycles. The van der Waals surface area contributed by atoms with Crippen LogP contribution < -0.4 is 0 Å². The summed E-state index contributed by atoms with van der Waals surface area (Å²) >= 11 is 6.64. The molecule has 1 aromatic carbocycles. The van der Waals surface area contributed by atoms with Gasteiger partial charge >= 0.3 is 5.69 Å². The summed E-state index contributed by atoms with van der Waals surface area (Å²) in [6.45, 7) is 0. The van der Waals surface area contributed by atoms with E-state index >= 15 is 0 Å². The number of halogens is 1. The third-order valence-corrected chi connectivity index (χ3v) is 3.93. The number of benzene rings is 1. The van der Waals surface area contributed by atoms with Gasteiger partial charge in [-0.2, -0.15) is 5.26 Å². The zero-order valence-electron chi connectivity index (χ0n) is 10.6. The molecule has 10 heteroatoms. The van der Waals surface area contributed by atoms with Crippen molar-refractivity contribution in [3.8, 4) is 6.07 Å². The van der Waals surface area contributed by atoms with E-state index in [-0.39, 0.29) is 21.3 Å². The number of aromatic nitrogens is 1. The smallest absolute Gasteiger partial charge is 0.258 e. The number of pyridine rings is 1. The zero-order valence-corrected chi connectivity index (χ0v) is 12.2. The van der Waals surface area contributed by atoms with E-state index in [0.29, 0.717) is 4.90 Å². The molecule has 1 aromatic heterocycles. The Labute approximate surface area is 132 Å². The minimum atomic E-state index is -0.718. The van der Waals surface area contributed by atoms with Gasteiger partial charge in [-0.25, -0.2) is 4.98 Å². The molecule has 0 amide bonds. The van der Waals surface area contributed by atoms with E-state index in [2.05, 4.69) is 4.98 Å². The van der Waals surface area contributed by atoms with Gasteiger partial charge in [-0.05, 0) is 12.1 Å². The van der Waals surface area contributed by atoms with Crippen LogP contribution in [0.15, 0.2) is 40.3 Å². The Morgan fingerprint density at radius 1 is 1.18 bits per heavy atom. The molecule has 2 rings (SSSR count). The maximum absolute atomic E-state index is 11.1. The fourth-order valence-corrected chi connectivity index (χ4v) is 2.81. The zero-order chi connectivity index (χ0) is 16.3. The van der Waals surface area contributed by atoms with Gasteiger partial charge in [-0.15, -0.1) is 0 Å². The van der Waals surface area contributed by atoms with Crippen molar-refractivity contribution in [2.75, 3.05) is 0 Å². The molecule has 0 fully saturated rings. The van der Waals surface area contributed by atoms with Crippen LogP contribution in [0.5, 0.6) is 0 Å². The van der Waals surface area contributed by atoms with E-state index in [1.807, 2.05) is 6.07 Å². The molecule has 2 aromatic rings. The topological polar surface area (TPSA) is 123 Å². The van der Waals surface area contributed by atoms with Gasteiger partial charge in [0, 0.05) is 23.2 Å². The monoisotopic (exact) mass is 336 g/mol. The lowest BCUT2D eigenvalue weighted by Gasteiger charge is -2.05. The minimum absolute atomic E-state index is 0.000507. The van der Waals surface area contributed by atoms with Gasteiger partial charge < -0.3 is 0 Å². The molecule has 0 aliphatic heterocycles. The van der Waals surface area contributed by atoms with Crippen molar-refractivity contribution in [3.63, 3.8) is 0 Å². The van der Waals surface area contributed by atoms with Gasteiger partial charge in [-0.1, -0.05) is 23.4 Å². The van der Waals surface area contributed by atoms with E-state index in [1.54, 1.807) is 0 Å². The van der Waals surface area contributed by atoms with Gasteiger partial charge in [0.1, 0.15) is 11.0 Å². The number of rotatable bonds is 4. The molecular weight excluding hydrogens is 332 g/mol. The van der Waals surface area contributed by atoms with Crippen molar-refractivity contribution in [2.24, 2.45) is 0 Å². The van der Waals surface area contributed by atoms with Crippen molar-refractivity contribution in [2.45, 2.75) is 9.79 Å². The van der Waals surface area contributed by atoms with Crippen LogP contribution in [0.1, 0.15) is 5.56 Å². The van der Waals surface area contributed by atoms with Crippen molar-refractivity contribution in [1.82, 2.24) is 4.98 Å². The fraction of sp³-hybridized carbons (Fsp3) is 0. The predicted molar refractivity (Wildman–Crippen MR) is 77.8 cm³/mol. The van der Waals surface area contributed by atoms with Crippen LogP contribution in [0.25, 0.3) is 0 Å². The highest BCUT2D eigenvalue weighted by atomic mass is 35.5. The second kappa shape index (κ2) is 6.38. The summed E-state index contributed by atoms with van der Waals surface area (Å²) in [4.78, 5) is 24.6. The molecule has 0 atom stereocenters. The lowest BCUT2D eigenvalue weighted by molar-refractivity contribution is -0.387. The normalized spacial score (nSPS) is 10.0. The highest BCUT2D eigenvalue weighted by Gasteiger charge is 2.25. The van der Waals surface area contributed by atoms with Gasteiger partial charge in [0.2, 0.25) is 5.15 Å². The lowest BCUT2D eigenvalue weighted by Crippen LogP contribution is -1.97. The third kappa shape index (κ3) is 3.13. The van der Waals surface area contributed by atoms with Crippen LogP contribution in [-0.4, -0.2) is 14.8 Å². The minimum Gasteiger partial charge on any atom is -0.258 e. The number of nitro benzene ring substituents is 1. The Morgan fingerprint density at radius 2 is 1.82 bits per heavy atom. The van der Waals surface area contributed by atoms with Crippen LogP contribution in [0.3, 0.4) is 0 Å². The fourth-order valence-electron chi connectivity index (χ4n) is 1.56. The van der Waals surface area contributed by atoms with E-state index < -0.39 is 15.5 Å². The summed E-state index contributed by atoms with van der Waals surface area (Å²) in [5.74, 6) is 0. The number of nitriles is 1. The van der Waals surface area contributed by atoms with E-state index in [9.17, 15) is 20.2 Å². The molecular formula is C12H5ClN4O4S. The van der Waals surface area contributed by atoms with Crippen molar-refractivity contribution < 1.29 is 9.85 Å². The molecule has 0 unspecified atom stereocenters. The molecule has 0 N–H and O–H groups in total. The number of hydrogen-bond donors (Lipinski definition) is 0. The molecule has 8 nitrogen and oxygen atoms in total. The molecule has 0 bridgehead atoms. The summed E-state index contributed by atoms with van der Waals surface area (Å²) in [5, 5.41) is 30.4. The molecule has 0 spiro atoms. The van der Waals surface area contributed by atoms with Crippen LogP contribution in [0.2, 0.25) is 5.15 Å². The molecule has 0 radical (unpaired) electrons. The van der Waals surface area contributed by atoms with Crippen LogP contribution in [-0.2, 0) is 0 Å². The number of nitro groups is 2. The highest BCUT2D eigenvalue weighted by Crippen LogP contribution is 2.40. The predicted octanol–water partition coefficient (Wildman–Crippen LogP) is 3.57. The molecule has 110 valence electrons. The van der Waals surface area contributed by atoms with Crippen LogP contribution in [0, 0.1) is 31.6 Å². The Morgan fingerprint density at radius 3 is 2.32 bits per heavy atom. The summed E-state index contributed by atoms with van der Waals surface area (Å²) in [6, 6.07) is 7.21. The Hall–Kier alpha value is -2.70. The molecule has 1 heterocycles. The highest BCUT2D eigenvalue weighted by molar-refractivity contribution is 7.99. The maximum Gasteiger partial charge on any atom is 0.321 e. The first-order chi connectivity index (χ1) is 10.4. The first kappa shape index (κ1) is 15.7. The van der Waals surface area contributed by atoms with E-state index in [0.717, 1.165) is 18.0 Å². The van der Waals surface area contributed by atoms with Crippen molar-refractivity contribution in [1.29, 1.82) is 5.26 Å². The van der Waals surface area contributed by atoms with Crippen molar-refractivity contribution >= 4 is 34.7 Å². The first-order valence-electron chi connectivity index (χ1n) is 5.59. The van der Waals surface area contributed by atoms with Crippen molar-refractivity contribution in [3.05, 3.63) is 61.4 Å². The Bertz CT molecular complexity index is 804. The van der Waals surface area contributed by atoms with E-state index in [4.69, 9.17) is 16.9 Å². The average molecular weight is 337 g/mol. The molecule has 0 aliphatic rings. The maximum atomic E-state index is 11.1. The van der Waals surface area contributed by atoms with E-state index in [1.165, 1.54) is 24.3 Å². The standard InChI is InChI=1S/C12H5ClN4O4S/c13-12-10(17(20)21)11(7(5-14)6-15-12)22-9-3-1-8(2-4-9)16(18)19/h1-4,6H. The van der Waals surface area contributed by atoms with Gasteiger partial charge in [0.25, 0.3) is 5.69 Å². The van der Waals surface area contributed by atoms with Gasteiger partial charge in [-0.3, -0.25) is 20.2 Å². The third-order valence-electron chi connectivity index (χ3n) is 2.53. The first-order valence-corrected chi connectivity index (χ1v) is 6.78. The summed E-state index contributed by atoms with van der Waals surface area (Å²) in [5.41, 5.74) is -0.573. The summed E-state index contributed by atoms with van der Waals surface area (Å²) in [6.07, 6.45) is 1.14. The van der Waals surface area contributed by atoms with Crippen LogP contribution in [0.4, 0.5) is 11.4 Å². The average Bonchev–Trinajstić information content (AvgIpc) is 2.47. The lowest BCUT2D eigenvalue weighted by atomic mass is 10.3. The summed E-state index contributed by atoms with van der Waals surface area (Å²) < 4.78 is 0. The molecule has 22 heavy (non-hydrogen) atoms. The van der Waals surface area contributed by atoms with Gasteiger partial charge in [0.15, 0.2) is 0 Å². The SMILES string of the molecule is N#Cc1cnc(Cl)c([N+](=O)[O-])c1Sc1ccc([N+](=O)[O-])cc1. The second-order valence-corrected chi connectivity index (χ2v) is 5.30. The quantitative estimate of drug-likeness (QED) is 0.474. The Balaban J connectivity index is 2.48. The summed E-state index contributed by atoms with van der Waals surface area (Å²) in [7, 11) is 0. The van der Waals surface area contributed by atoms with Crippen LogP contribution >= 0.6 is 23.4 Å². The Kier molecular flexibility index (Phi) is 4.55. The van der Waals surface area contributed by atoms with Gasteiger partial charge in [0.05, 0.1) is 15.4 Å². The number of nitrogens with zero attached hydrogens (tertiary/aromatic N) is 4. The number of non-ortho nitro benzene ring substituents is 1. The molecule has 0 aliphatic carbocycles. The number of hydrogen-bond acceptors (Lipinski definition) is 7. The molecule has 0 saturated heterocycles.